The summed E-state index contributed by atoms with van der Waals surface area (Å²) < 4.78 is 27.0. The predicted molar refractivity (Wildman–Crippen MR) is 117 cm³/mol. The fourth-order valence-corrected chi connectivity index (χ4v) is 4.84. The lowest BCUT2D eigenvalue weighted by molar-refractivity contribution is 0.252. The van der Waals surface area contributed by atoms with Crippen molar-refractivity contribution in [3.63, 3.8) is 0 Å². The van der Waals surface area contributed by atoms with Gasteiger partial charge in [-0.15, -0.1) is 10.2 Å². The minimum atomic E-state index is -2.44. The Balaban J connectivity index is 1.41. The molecule has 0 atom stereocenters. The topological polar surface area (TPSA) is 72.2 Å². The van der Waals surface area contributed by atoms with Gasteiger partial charge in [0.2, 0.25) is 5.13 Å². The van der Waals surface area contributed by atoms with Gasteiger partial charge in [-0.25, -0.2) is 4.98 Å². The molecular weight excluding hydrogens is 448 g/mol. The van der Waals surface area contributed by atoms with Gasteiger partial charge in [0.05, 0.1) is 5.69 Å². The van der Waals surface area contributed by atoms with Crippen LogP contribution in [-0.4, -0.2) is 25.3 Å². The molecule has 1 N–H and O–H groups in total. The SMILES string of the molecule is Cc1cccn2c(=O)cc(CSc3nnc(Nc4ccc(SC(F)F)cc4)s3)nc12. The summed E-state index contributed by atoms with van der Waals surface area (Å²) in [6.07, 6.45) is 1.70. The van der Waals surface area contributed by atoms with E-state index in [1.165, 1.54) is 33.6 Å². The van der Waals surface area contributed by atoms with Crippen molar-refractivity contribution >= 4 is 51.3 Å². The van der Waals surface area contributed by atoms with Crippen molar-refractivity contribution < 1.29 is 8.78 Å². The molecular formula is C19H15F2N5OS3. The summed E-state index contributed by atoms with van der Waals surface area (Å²) in [6, 6.07) is 11.9. The van der Waals surface area contributed by atoms with Crippen LogP contribution in [0.5, 0.6) is 0 Å². The normalized spacial score (nSPS) is 11.3. The Hall–Kier alpha value is -2.50. The van der Waals surface area contributed by atoms with Crippen LogP contribution in [0, 0.1) is 6.92 Å². The first-order valence-electron chi connectivity index (χ1n) is 8.74. The van der Waals surface area contributed by atoms with Gasteiger partial charge in [0.25, 0.3) is 11.3 Å². The number of halogens is 2. The van der Waals surface area contributed by atoms with E-state index >= 15 is 0 Å². The van der Waals surface area contributed by atoms with Crippen molar-refractivity contribution in [3.05, 3.63) is 70.3 Å². The number of nitrogens with one attached hydrogen (secondary N) is 1. The van der Waals surface area contributed by atoms with Gasteiger partial charge >= 0.3 is 0 Å². The van der Waals surface area contributed by atoms with Crippen LogP contribution in [-0.2, 0) is 5.75 Å². The number of alkyl halides is 2. The molecule has 11 heteroatoms. The van der Waals surface area contributed by atoms with E-state index < -0.39 is 5.76 Å². The van der Waals surface area contributed by atoms with Gasteiger partial charge < -0.3 is 5.32 Å². The first-order valence-corrected chi connectivity index (χ1v) is 11.4. The molecule has 0 amide bonds. The standard InChI is InChI=1S/C19H15F2N5OS3/c1-11-3-2-8-26-15(27)9-13(22-16(11)26)10-28-19-25-24-18(30-19)23-12-4-6-14(7-5-12)29-17(20)21/h2-9,17H,10H2,1H3,(H,23,24). The largest absolute Gasteiger partial charge is 0.330 e. The van der Waals surface area contributed by atoms with Crippen molar-refractivity contribution in [3.8, 4) is 0 Å². The molecule has 154 valence electrons. The molecule has 0 aliphatic carbocycles. The van der Waals surface area contributed by atoms with Crippen molar-refractivity contribution in [2.45, 2.75) is 27.7 Å². The van der Waals surface area contributed by atoms with Gasteiger partial charge in [0.15, 0.2) is 4.34 Å². The molecule has 0 unspecified atom stereocenters. The monoisotopic (exact) mass is 463 g/mol. The maximum atomic E-state index is 12.4. The first-order chi connectivity index (χ1) is 14.5. The molecule has 4 aromatic rings. The summed E-state index contributed by atoms with van der Waals surface area (Å²) in [5.41, 5.74) is 2.87. The lowest BCUT2D eigenvalue weighted by Crippen LogP contribution is -2.15. The van der Waals surface area contributed by atoms with Gasteiger partial charge in [-0.3, -0.25) is 9.20 Å². The first kappa shape index (κ1) is 20.8. The van der Waals surface area contributed by atoms with Crippen LogP contribution in [0.25, 0.3) is 5.65 Å². The third-order valence-electron chi connectivity index (χ3n) is 4.02. The van der Waals surface area contributed by atoms with Crippen LogP contribution in [0.1, 0.15) is 11.3 Å². The number of benzene rings is 1. The van der Waals surface area contributed by atoms with Gasteiger partial charge in [-0.2, -0.15) is 8.78 Å². The van der Waals surface area contributed by atoms with Crippen molar-refractivity contribution in [1.29, 1.82) is 0 Å². The zero-order valence-corrected chi connectivity index (χ0v) is 18.0. The Morgan fingerprint density at radius 1 is 1.20 bits per heavy atom. The highest BCUT2D eigenvalue weighted by Gasteiger charge is 2.10. The summed E-state index contributed by atoms with van der Waals surface area (Å²) in [4.78, 5) is 17.4. The number of pyridine rings is 1. The maximum absolute atomic E-state index is 12.4. The van der Waals surface area contributed by atoms with Crippen LogP contribution in [0.2, 0.25) is 0 Å². The minimum Gasteiger partial charge on any atom is -0.330 e. The van der Waals surface area contributed by atoms with E-state index in [9.17, 15) is 13.6 Å². The molecule has 0 spiro atoms. The van der Waals surface area contributed by atoms with E-state index in [1.807, 2.05) is 19.1 Å². The van der Waals surface area contributed by atoms with Gasteiger partial charge in [-0.05, 0) is 42.8 Å². The van der Waals surface area contributed by atoms with Gasteiger partial charge in [0.1, 0.15) is 5.65 Å². The molecule has 0 saturated heterocycles. The number of fused-ring (bicyclic) bond motifs is 1. The molecule has 0 bridgehead atoms. The van der Waals surface area contributed by atoms with Crippen molar-refractivity contribution in [1.82, 2.24) is 19.6 Å². The molecule has 3 heterocycles. The molecule has 0 radical (unpaired) electrons. The highest BCUT2D eigenvalue weighted by Crippen LogP contribution is 2.31. The molecule has 30 heavy (non-hydrogen) atoms. The van der Waals surface area contributed by atoms with Crippen LogP contribution >= 0.6 is 34.9 Å². The summed E-state index contributed by atoms with van der Waals surface area (Å²) >= 11 is 3.32. The molecule has 0 aliphatic heterocycles. The Morgan fingerprint density at radius 3 is 2.77 bits per heavy atom. The van der Waals surface area contributed by atoms with E-state index in [1.54, 1.807) is 30.5 Å². The number of nitrogens with zero attached hydrogens (tertiary/aromatic N) is 4. The van der Waals surface area contributed by atoms with Crippen molar-refractivity contribution in [2.24, 2.45) is 0 Å². The highest BCUT2D eigenvalue weighted by molar-refractivity contribution is 8.00. The Kier molecular flexibility index (Phi) is 6.30. The summed E-state index contributed by atoms with van der Waals surface area (Å²) in [7, 11) is 0. The zero-order valence-electron chi connectivity index (χ0n) is 15.6. The molecule has 0 saturated carbocycles. The number of hydrogen-bond acceptors (Lipinski definition) is 8. The Morgan fingerprint density at radius 2 is 2.00 bits per heavy atom. The summed E-state index contributed by atoms with van der Waals surface area (Å²) in [5.74, 6) is -1.95. The van der Waals surface area contributed by atoms with E-state index in [0.717, 1.165) is 15.6 Å². The zero-order chi connectivity index (χ0) is 21.1. The lowest BCUT2D eigenvalue weighted by atomic mass is 10.3. The van der Waals surface area contributed by atoms with E-state index in [0.29, 0.717) is 38.9 Å². The molecule has 0 fully saturated rings. The molecule has 4 rings (SSSR count). The maximum Gasteiger partial charge on any atom is 0.288 e. The molecule has 0 aliphatic rings. The molecule has 3 aromatic heterocycles. The summed E-state index contributed by atoms with van der Waals surface area (Å²) in [6.45, 7) is 1.92. The van der Waals surface area contributed by atoms with Crippen LogP contribution < -0.4 is 10.9 Å². The summed E-state index contributed by atoms with van der Waals surface area (Å²) in [5, 5.41) is 11.9. The second kappa shape index (κ2) is 9.11. The number of thioether (sulfide) groups is 2. The van der Waals surface area contributed by atoms with E-state index in [2.05, 4.69) is 20.5 Å². The van der Waals surface area contributed by atoms with Crippen LogP contribution in [0.4, 0.5) is 19.6 Å². The Labute approximate surface area is 182 Å². The fourth-order valence-electron chi connectivity index (χ4n) is 2.68. The average Bonchev–Trinajstić information content (AvgIpc) is 3.16. The number of rotatable bonds is 7. The minimum absolute atomic E-state index is 0.118. The second-order valence-electron chi connectivity index (χ2n) is 6.16. The van der Waals surface area contributed by atoms with Gasteiger partial charge in [-0.1, -0.05) is 40.9 Å². The third-order valence-corrected chi connectivity index (χ3v) is 6.75. The van der Waals surface area contributed by atoms with Crippen molar-refractivity contribution in [2.75, 3.05) is 5.32 Å². The number of hydrogen-bond donors (Lipinski definition) is 1. The smallest absolute Gasteiger partial charge is 0.288 e. The van der Waals surface area contributed by atoms with Gasteiger partial charge in [0, 0.05) is 28.6 Å². The molecule has 1 aromatic carbocycles. The van der Waals surface area contributed by atoms with Crippen LogP contribution in [0.3, 0.4) is 0 Å². The van der Waals surface area contributed by atoms with E-state index in [-0.39, 0.29) is 5.56 Å². The van der Waals surface area contributed by atoms with Crippen LogP contribution in [0.15, 0.2) is 62.7 Å². The fraction of sp³-hybridized carbons (Fsp3) is 0.158. The number of anilines is 2. The average molecular weight is 464 g/mol. The molecule has 6 nitrogen and oxygen atoms in total. The third kappa shape index (κ3) is 4.97. The Bertz CT molecular complexity index is 1230. The highest BCUT2D eigenvalue weighted by atomic mass is 32.2. The predicted octanol–water partition coefficient (Wildman–Crippen LogP) is 5.21. The number of aryl methyl sites for hydroxylation is 1. The quantitative estimate of drug-likeness (QED) is 0.378. The lowest BCUT2D eigenvalue weighted by Gasteiger charge is -2.05. The van der Waals surface area contributed by atoms with E-state index in [4.69, 9.17) is 0 Å². The number of aromatic nitrogens is 4. The second-order valence-corrected chi connectivity index (χ2v) is 9.42.